The van der Waals surface area contributed by atoms with Crippen LogP contribution >= 0.6 is 11.3 Å². The van der Waals surface area contributed by atoms with Gasteiger partial charge in [0, 0.05) is 40.7 Å². The first kappa shape index (κ1) is 19.8. The van der Waals surface area contributed by atoms with Crippen LogP contribution < -0.4 is 4.74 Å². The van der Waals surface area contributed by atoms with Crippen molar-refractivity contribution in [3.8, 4) is 5.75 Å². The first-order valence-corrected chi connectivity index (χ1v) is 11.1. The van der Waals surface area contributed by atoms with E-state index in [0.717, 1.165) is 38.7 Å². The summed E-state index contributed by atoms with van der Waals surface area (Å²) in [6.45, 7) is 1.16. The molecular formula is C25H24N2O3S. The topological polar surface area (TPSA) is 54.6 Å². The van der Waals surface area contributed by atoms with Gasteiger partial charge in [-0.1, -0.05) is 36.4 Å². The minimum atomic E-state index is -0.243. The highest BCUT2D eigenvalue weighted by Crippen LogP contribution is 2.42. The average Bonchev–Trinajstić information content (AvgIpc) is 3.43. The van der Waals surface area contributed by atoms with Crippen molar-refractivity contribution in [2.24, 2.45) is 0 Å². The van der Waals surface area contributed by atoms with Crippen molar-refractivity contribution in [1.82, 2.24) is 9.88 Å². The van der Waals surface area contributed by atoms with Crippen molar-refractivity contribution in [3.63, 3.8) is 0 Å². The number of amides is 1. The largest absolute Gasteiger partial charge is 0.496 e. The Morgan fingerprint density at radius 3 is 2.74 bits per heavy atom. The van der Waals surface area contributed by atoms with Crippen molar-refractivity contribution >= 4 is 28.1 Å². The Balaban J connectivity index is 1.64. The summed E-state index contributed by atoms with van der Waals surface area (Å²) in [7, 11) is 3.34. The van der Waals surface area contributed by atoms with E-state index in [1.54, 1.807) is 14.2 Å². The van der Waals surface area contributed by atoms with Gasteiger partial charge in [0.05, 0.1) is 18.6 Å². The van der Waals surface area contributed by atoms with Crippen LogP contribution in [0.4, 0.5) is 0 Å². The highest BCUT2D eigenvalue weighted by atomic mass is 32.1. The number of fused-ring (bicyclic) bond motifs is 3. The Kier molecular flexibility index (Phi) is 5.26. The molecule has 1 aliphatic heterocycles. The van der Waals surface area contributed by atoms with Crippen molar-refractivity contribution in [2.45, 2.75) is 19.1 Å². The zero-order valence-electron chi connectivity index (χ0n) is 17.6. The SMILES string of the molecule is COCc1ccc(C(=O)N2CCc3c([nH]c4ccccc34)C2c2ccccc2OC)s1. The fraction of sp³-hybridized carbons (Fsp3) is 0.240. The molecule has 4 aromatic rings. The predicted molar refractivity (Wildman–Crippen MR) is 123 cm³/mol. The van der Waals surface area contributed by atoms with E-state index < -0.39 is 0 Å². The minimum absolute atomic E-state index is 0.0348. The number of benzene rings is 2. The number of nitrogens with one attached hydrogen (secondary N) is 1. The predicted octanol–water partition coefficient (Wildman–Crippen LogP) is 5.17. The summed E-state index contributed by atoms with van der Waals surface area (Å²) in [5, 5.41) is 1.23. The summed E-state index contributed by atoms with van der Waals surface area (Å²) in [6, 6.07) is 19.9. The highest BCUT2D eigenvalue weighted by molar-refractivity contribution is 7.14. The Morgan fingerprint density at radius 1 is 1.10 bits per heavy atom. The van der Waals surface area contributed by atoms with Crippen LogP contribution in [0.15, 0.2) is 60.7 Å². The fourth-order valence-electron chi connectivity index (χ4n) is 4.53. The molecule has 3 heterocycles. The first-order valence-electron chi connectivity index (χ1n) is 10.3. The lowest BCUT2D eigenvalue weighted by atomic mass is 9.91. The lowest BCUT2D eigenvalue weighted by Gasteiger charge is -2.36. The molecule has 5 nitrogen and oxygen atoms in total. The number of para-hydroxylation sites is 2. The molecule has 0 spiro atoms. The number of carbonyl (C=O) groups excluding carboxylic acids is 1. The van der Waals surface area contributed by atoms with Crippen molar-refractivity contribution in [3.05, 3.63) is 87.2 Å². The molecule has 1 amide bonds. The number of rotatable bonds is 5. The molecule has 1 N–H and O–H groups in total. The van der Waals surface area contributed by atoms with Gasteiger partial charge in [0.15, 0.2) is 0 Å². The number of aromatic nitrogens is 1. The van der Waals surface area contributed by atoms with E-state index in [2.05, 4.69) is 29.2 Å². The first-order chi connectivity index (χ1) is 15.2. The lowest BCUT2D eigenvalue weighted by Crippen LogP contribution is -2.40. The number of thiophene rings is 1. The van der Waals surface area contributed by atoms with Crippen LogP contribution in [0.1, 0.15) is 37.4 Å². The van der Waals surface area contributed by atoms with E-state index >= 15 is 0 Å². The van der Waals surface area contributed by atoms with Crippen LogP contribution in [-0.4, -0.2) is 36.6 Å². The van der Waals surface area contributed by atoms with E-state index in [-0.39, 0.29) is 11.9 Å². The van der Waals surface area contributed by atoms with Gasteiger partial charge in [-0.25, -0.2) is 0 Å². The van der Waals surface area contributed by atoms with Gasteiger partial charge >= 0.3 is 0 Å². The van der Waals surface area contributed by atoms with Gasteiger partial charge in [0.1, 0.15) is 11.8 Å². The Labute approximate surface area is 185 Å². The van der Waals surface area contributed by atoms with Gasteiger partial charge in [0.25, 0.3) is 5.91 Å². The quantitative estimate of drug-likeness (QED) is 0.473. The summed E-state index contributed by atoms with van der Waals surface area (Å²) < 4.78 is 10.9. The Bertz CT molecular complexity index is 1240. The van der Waals surface area contributed by atoms with Gasteiger partial charge in [-0.3, -0.25) is 4.79 Å². The van der Waals surface area contributed by atoms with Gasteiger partial charge in [-0.2, -0.15) is 0 Å². The molecule has 0 saturated carbocycles. The normalized spacial score (nSPS) is 15.8. The van der Waals surface area contributed by atoms with Crippen LogP contribution in [0.25, 0.3) is 10.9 Å². The van der Waals surface area contributed by atoms with Gasteiger partial charge in [0.2, 0.25) is 0 Å². The molecule has 158 valence electrons. The number of methoxy groups -OCH3 is 2. The van der Waals surface area contributed by atoms with E-state index in [0.29, 0.717) is 13.2 Å². The van der Waals surface area contributed by atoms with Crippen LogP contribution in [0, 0.1) is 0 Å². The number of hydrogen-bond acceptors (Lipinski definition) is 4. The fourth-order valence-corrected chi connectivity index (χ4v) is 5.47. The number of aromatic amines is 1. The molecule has 5 rings (SSSR count). The summed E-state index contributed by atoms with van der Waals surface area (Å²) in [5.74, 6) is 0.815. The number of hydrogen-bond donors (Lipinski definition) is 1. The van der Waals surface area contributed by atoms with Gasteiger partial charge in [-0.05, 0) is 36.2 Å². The second-order valence-electron chi connectivity index (χ2n) is 7.65. The third-order valence-corrected chi connectivity index (χ3v) is 6.93. The maximum atomic E-state index is 13.7. The van der Waals surface area contributed by atoms with Gasteiger partial charge < -0.3 is 19.4 Å². The molecule has 31 heavy (non-hydrogen) atoms. The summed E-state index contributed by atoms with van der Waals surface area (Å²) >= 11 is 1.50. The number of ether oxygens (including phenoxy) is 2. The molecule has 0 bridgehead atoms. The summed E-state index contributed by atoms with van der Waals surface area (Å²) in [5.41, 5.74) is 4.43. The van der Waals surface area contributed by atoms with E-state index in [4.69, 9.17) is 9.47 Å². The van der Waals surface area contributed by atoms with Crippen molar-refractivity contribution < 1.29 is 14.3 Å². The number of carbonyl (C=O) groups is 1. The molecule has 1 aliphatic rings. The number of H-pyrrole nitrogens is 1. The monoisotopic (exact) mass is 432 g/mol. The second-order valence-corrected chi connectivity index (χ2v) is 8.82. The zero-order chi connectivity index (χ0) is 21.4. The summed E-state index contributed by atoms with van der Waals surface area (Å²) in [6.07, 6.45) is 0.813. The maximum absolute atomic E-state index is 13.7. The smallest absolute Gasteiger partial charge is 0.264 e. The Hall–Kier alpha value is -3.09. The van der Waals surface area contributed by atoms with E-state index in [9.17, 15) is 4.79 Å². The average molecular weight is 433 g/mol. The standard InChI is InChI=1S/C25H24N2O3S/c1-29-15-16-11-12-22(31-16)25(28)27-14-13-18-17-7-3-5-9-20(17)26-23(18)24(27)19-8-4-6-10-21(19)30-2/h3-12,24,26H,13-15H2,1-2H3. The molecule has 0 aliphatic carbocycles. The van der Waals surface area contributed by atoms with Crippen molar-refractivity contribution in [2.75, 3.05) is 20.8 Å². The molecule has 0 fully saturated rings. The summed E-state index contributed by atoms with van der Waals surface area (Å²) in [4.78, 5) is 21.0. The zero-order valence-corrected chi connectivity index (χ0v) is 18.4. The van der Waals surface area contributed by atoms with Crippen LogP contribution in [-0.2, 0) is 17.8 Å². The van der Waals surface area contributed by atoms with Gasteiger partial charge in [-0.15, -0.1) is 11.3 Å². The molecular weight excluding hydrogens is 408 g/mol. The van der Waals surface area contributed by atoms with Crippen LogP contribution in [0.2, 0.25) is 0 Å². The lowest BCUT2D eigenvalue weighted by molar-refractivity contribution is 0.0695. The minimum Gasteiger partial charge on any atom is -0.496 e. The number of nitrogens with zero attached hydrogens (tertiary/aromatic N) is 1. The molecule has 2 aromatic carbocycles. The molecule has 1 atom stereocenters. The molecule has 2 aromatic heterocycles. The van der Waals surface area contributed by atoms with Crippen LogP contribution in [0.5, 0.6) is 5.75 Å². The highest BCUT2D eigenvalue weighted by Gasteiger charge is 2.36. The molecule has 0 radical (unpaired) electrons. The molecule has 0 saturated heterocycles. The van der Waals surface area contributed by atoms with E-state index in [1.807, 2.05) is 41.3 Å². The molecule has 6 heteroatoms. The third-order valence-electron chi connectivity index (χ3n) is 5.89. The molecule has 1 unspecified atom stereocenters. The second kappa shape index (κ2) is 8.21. The van der Waals surface area contributed by atoms with E-state index in [1.165, 1.54) is 22.3 Å². The maximum Gasteiger partial charge on any atom is 0.264 e. The van der Waals surface area contributed by atoms with Crippen LogP contribution in [0.3, 0.4) is 0 Å². The van der Waals surface area contributed by atoms with Crippen molar-refractivity contribution in [1.29, 1.82) is 0 Å². The Morgan fingerprint density at radius 2 is 1.90 bits per heavy atom. The third kappa shape index (κ3) is 3.42.